The van der Waals surface area contributed by atoms with E-state index in [1.807, 2.05) is 6.92 Å². The number of ether oxygens (including phenoxy) is 1. The van der Waals surface area contributed by atoms with E-state index in [1.165, 1.54) is 10.6 Å². The van der Waals surface area contributed by atoms with Gasteiger partial charge in [0.05, 0.1) is 18.2 Å². The smallest absolute Gasteiger partial charge is 0.184 e. The van der Waals surface area contributed by atoms with Crippen molar-refractivity contribution < 1.29 is 13.5 Å². The number of aromatic amines is 1. The minimum absolute atomic E-state index is 0.136. The van der Waals surface area contributed by atoms with Crippen molar-refractivity contribution in [3.8, 4) is 0 Å². The Kier molecular flexibility index (Phi) is 3.26. The monoisotopic (exact) mass is 258 g/mol. The molecule has 6 heteroatoms. The zero-order valence-corrected chi connectivity index (χ0v) is 10.3. The fourth-order valence-corrected chi connectivity index (χ4v) is 1.97. The summed E-state index contributed by atoms with van der Waals surface area (Å²) < 4.78 is 33.9. The zero-order chi connectivity index (χ0) is 12.6. The summed E-state index contributed by atoms with van der Waals surface area (Å²) >= 11 is 5.08. The molecule has 0 radical (unpaired) electrons. The molecule has 0 fully saturated rings. The third-order valence-corrected chi connectivity index (χ3v) is 2.99. The van der Waals surface area contributed by atoms with E-state index in [4.69, 9.17) is 17.0 Å². The third kappa shape index (κ3) is 2.10. The normalized spacial score (nSPS) is 13.2. The van der Waals surface area contributed by atoms with Gasteiger partial charge in [-0.3, -0.25) is 0 Å². The largest absolute Gasteiger partial charge is 0.380 e. The van der Waals surface area contributed by atoms with Crippen LogP contribution in [-0.2, 0) is 11.3 Å². The molecule has 1 N–H and O–H groups in total. The number of hydrogen-bond donors (Lipinski definition) is 1. The number of halogens is 2. The lowest BCUT2D eigenvalue weighted by Crippen LogP contribution is -2.15. The Hall–Kier alpha value is -1.27. The molecule has 0 saturated carbocycles. The molecule has 0 aliphatic heterocycles. The predicted molar refractivity (Wildman–Crippen MR) is 63.5 cm³/mol. The quantitative estimate of drug-likeness (QED) is 0.858. The van der Waals surface area contributed by atoms with Crippen molar-refractivity contribution in [3.05, 3.63) is 28.5 Å². The summed E-state index contributed by atoms with van der Waals surface area (Å²) in [4.78, 5) is 2.84. The van der Waals surface area contributed by atoms with Gasteiger partial charge < -0.3 is 14.3 Å². The van der Waals surface area contributed by atoms with Crippen molar-refractivity contribution in [2.24, 2.45) is 0 Å². The minimum Gasteiger partial charge on any atom is -0.380 e. The van der Waals surface area contributed by atoms with Gasteiger partial charge in [0.15, 0.2) is 16.4 Å². The maximum atomic E-state index is 13.7. The summed E-state index contributed by atoms with van der Waals surface area (Å²) in [7, 11) is 1.56. The van der Waals surface area contributed by atoms with Gasteiger partial charge in [-0.2, -0.15) is 0 Å². The predicted octanol–water partition coefficient (Wildman–Crippen LogP) is 3.01. The molecule has 3 nitrogen and oxygen atoms in total. The van der Waals surface area contributed by atoms with Crippen molar-refractivity contribution >= 4 is 23.3 Å². The summed E-state index contributed by atoms with van der Waals surface area (Å²) in [5, 5.41) is 0. The van der Waals surface area contributed by atoms with E-state index in [9.17, 15) is 8.78 Å². The Morgan fingerprint density at radius 1 is 1.47 bits per heavy atom. The fraction of sp³-hybridized carbons (Fsp3) is 0.364. The van der Waals surface area contributed by atoms with Gasteiger partial charge in [-0.15, -0.1) is 0 Å². The number of methoxy groups -OCH3 is 1. The molecule has 1 aromatic carbocycles. The first-order chi connectivity index (χ1) is 8.04. The first-order valence-corrected chi connectivity index (χ1v) is 5.54. The summed E-state index contributed by atoms with van der Waals surface area (Å²) in [6.07, 6.45) is -0.136. The Labute approximate surface area is 102 Å². The van der Waals surface area contributed by atoms with Crippen molar-refractivity contribution in [1.29, 1.82) is 0 Å². The van der Waals surface area contributed by atoms with Crippen LogP contribution in [0.15, 0.2) is 12.1 Å². The molecule has 0 spiro atoms. The summed E-state index contributed by atoms with van der Waals surface area (Å²) in [6, 6.07) is 2.55. The Bertz CT molecular complexity index is 605. The number of hydrogen-bond acceptors (Lipinski definition) is 2. The lowest BCUT2D eigenvalue weighted by Gasteiger charge is -2.11. The van der Waals surface area contributed by atoms with E-state index in [0.29, 0.717) is 16.8 Å². The van der Waals surface area contributed by atoms with Crippen molar-refractivity contribution in [3.63, 3.8) is 0 Å². The van der Waals surface area contributed by atoms with Crippen LogP contribution < -0.4 is 0 Å². The Morgan fingerprint density at radius 2 is 2.18 bits per heavy atom. The Morgan fingerprint density at radius 3 is 2.82 bits per heavy atom. The minimum atomic E-state index is -0.891. The number of imidazole rings is 1. The fourth-order valence-electron chi connectivity index (χ4n) is 1.69. The lowest BCUT2D eigenvalue weighted by molar-refractivity contribution is 0.104. The number of H-pyrrole nitrogens is 1. The molecule has 1 heterocycles. The highest BCUT2D eigenvalue weighted by Crippen LogP contribution is 2.20. The summed E-state index contributed by atoms with van der Waals surface area (Å²) in [6.45, 7) is 2.20. The molecule has 1 aromatic heterocycles. The molecule has 2 rings (SSSR count). The summed E-state index contributed by atoms with van der Waals surface area (Å²) in [5.74, 6) is -1.77. The maximum Gasteiger partial charge on any atom is 0.184 e. The van der Waals surface area contributed by atoms with E-state index in [1.54, 1.807) is 7.11 Å². The van der Waals surface area contributed by atoms with Gasteiger partial charge in [-0.05, 0) is 31.3 Å². The summed E-state index contributed by atoms with van der Waals surface area (Å²) in [5.41, 5.74) is 0.635. The van der Waals surface area contributed by atoms with E-state index in [2.05, 4.69) is 4.98 Å². The highest BCUT2D eigenvalue weighted by Gasteiger charge is 2.15. The number of rotatable bonds is 3. The molecule has 0 aliphatic rings. The molecular formula is C11H12F2N2OS. The van der Waals surface area contributed by atoms with E-state index < -0.39 is 11.6 Å². The highest BCUT2D eigenvalue weighted by molar-refractivity contribution is 7.71. The van der Waals surface area contributed by atoms with Crippen LogP contribution in [0.4, 0.5) is 8.78 Å². The van der Waals surface area contributed by atoms with Gasteiger partial charge in [0, 0.05) is 7.11 Å². The average Bonchev–Trinajstić information content (AvgIpc) is 2.61. The Balaban J connectivity index is 2.65. The number of nitrogens with zero attached hydrogens (tertiary/aromatic N) is 1. The molecule has 0 saturated heterocycles. The molecule has 1 unspecified atom stereocenters. The second-order valence-electron chi connectivity index (χ2n) is 3.84. The van der Waals surface area contributed by atoms with Gasteiger partial charge >= 0.3 is 0 Å². The maximum absolute atomic E-state index is 13.7. The van der Waals surface area contributed by atoms with E-state index in [-0.39, 0.29) is 11.6 Å². The molecular weight excluding hydrogens is 246 g/mol. The van der Waals surface area contributed by atoms with Gasteiger partial charge in [-0.25, -0.2) is 8.78 Å². The van der Waals surface area contributed by atoms with Crippen LogP contribution in [-0.4, -0.2) is 22.8 Å². The van der Waals surface area contributed by atoms with E-state index >= 15 is 0 Å². The molecule has 17 heavy (non-hydrogen) atoms. The van der Waals surface area contributed by atoms with Crippen molar-refractivity contribution in [2.45, 2.75) is 19.6 Å². The van der Waals surface area contributed by atoms with Crippen LogP contribution in [0.1, 0.15) is 6.92 Å². The van der Waals surface area contributed by atoms with Crippen LogP contribution in [0.3, 0.4) is 0 Å². The standard InChI is InChI=1S/C11H12F2N2OS/c1-6(16-2)5-15-10-8(14-11(15)17)4-3-7(12)9(10)13/h3-4,6H,5H2,1-2H3,(H,14,17). The molecule has 92 valence electrons. The van der Waals surface area contributed by atoms with Gasteiger partial charge in [0.2, 0.25) is 0 Å². The number of fused-ring (bicyclic) bond motifs is 1. The second-order valence-corrected chi connectivity index (χ2v) is 4.23. The molecule has 2 aromatic rings. The first kappa shape index (κ1) is 12.2. The highest BCUT2D eigenvalue weighted by atomic mass is 32.1. The van der Waals surface area contributed by atoms with Crippen LogP contribution >= 0.6 is 12.2 Å². The topological polar surface area (TPSA) is 29.9 Å². The number of benzene rings is 1. The van der Waals surface area contributed by atoms with Crippen LogP contribution in [0.2, 0.25) is 0 Å². The zero-order valence-electron chi connectivity index (χ0n) is 9.46. The molecule has 0 aliphatic carbocycles. The molecule has 0 bridgehead atoms. The van der Waals surface area contributed by atoms with Crippen LogP contribution in [0.5, 0.6) is 0 Å². The second kappa shape index (κ2) is 4.54. The van der Waals surface area contributed by atoms with Crippen molar-refractivity contribution in [1.82, 2.24) is 9.55 Å². The molecule has 0 amide bonds. The number of aromatic nitrogens is 2. The van der Waals surface area contributed by atoms with E-state index in [0.717, 1.165) is 6.07 Å². The van der Waals surface area contributed by atoms with Gasteiger partial charge in [0.1, 0.15) is 5.52 Å². The third-order valence-electron chi connectivity index (χ3n) is 2.67. The van der Waals surface area contributed by atoms with Crippen LogP contribution in [0, 0.1) is 16.4 Å². The van der Waals surface area contributed by atoms with Crippen molar-refractivity contribution in [2.75, 3.05) is 7.11 Å². The number of nitrogens with one attached hydrogen (secondary N) is 1. The van der Waals surface area contributed by atoms with Gasteiger partial charge in [0.25, 0.3) is 0 Å². The molecule has 1 atom stereocenters. The van der Waals surface area contributed by atoms with Gasteiger partial charge in [-0.1, -0.05) is 0 Å². The average molecular weight is 258 g/mol. The SMILES string of the molecule is COC(C)Cn1c(=S)[nH]c2ccc(F)c(F)c21. The lowest BCUT2D eigenvalue weighted by atomic mass is 10.3. The van der Waals surface area contributed by atoms with Crippen LogP contribution in [0.25, 0.3) is 11.0 Å². The first-order valence-electron chi connectivity index (χ1n) is 5.14.